The number of benzene rings is 2. The Kier molecular flexibility index (Phi) is 6.66. The number of anilines is 1. The average molecular weight is 462 g/mol. The van der Waals surface area contributed by atoms with Crippen LogP contribution >= 0.6 is 15.9 Å². The van der Waals surface area contributed by atoms with Crippen molar-refractivity contribution < 1.29 is 18.7 Å². The van der Waals surface area contributed by atoms with Crippen LogP contribution in [0.1, 0.15) is 21.7 Å². The number of nitrogens with one attached hydrogen (secondary N) is 1. The van der Waals surface area contributed by atoms with E-state index in [0.29, 0.717) is 17.9 Å². The predicted octanol–water partition coefficient (Wildman–Crippen LogP) is 4.67. The lowest BCUT2D eigenvalue weighted by Gasteiger charge is -2.13. The van der Waals surface area contributed by atoms with Crippen molar-refractivity contribution in [2.75, 3.05) is 25.6 Å². The topological polar surface area (TPSA) is 65.4 Å². The molecule has 0 saturated heterocycles. The molecule has 6 nitrogen and oxygen atoms in total. The second kappa shape index (κ2) is 9.19. The molecule has 3 aromatic rings. The number of ether oxygens (including phenoxy) is 2. The van der Waals surface area contributed by atoms with Crippen molar-refractivity contribution in [3.8, 4) is 11.4 Å². The Balaban J connectivity index is 1.78. The van der Waals surface area contributed by atoms with Crippen LogP contribution in [-0.4, -0.2) is 36.0 Å². The number of aromatic nitrogens is 2. The van der Waals surface area contributed by atoms with Gasteiger partial charge in [0, 0.05) is 18.7 Å². The van der Waals surface area contributed by atoms with Crippen LogP contribution in [0.5, 0.6) is 5.75 Å². The van der Waals surface area contributed by atoms with Crippen molar-refractivity contribution in [2.45, 2.75) is 13.8 Å². The highest BCUT2D eigenvalue weighted by Crippen LogP contribution is 2.27. The quantitative estimate of drug-likeness (QED) is 0.519. The Hall–Kier alpha value is -2.71. The summed E-state index contributed by atoms with van der Waals surface area (Å²) in [4.78, 5) is 12.6. The molecule has 1 aromatic heterocycles. The summed E-state index contributed by atoms with van der Waals surface area (Å²) in [5.74, 6) is -0.459. The number of carbonyl (C=O) groups excluding carboxylic acids is 1. The predicted molar refractivity (Wildman–Crippen MR) is 112 cm³/mol. The third-order valence-corrected chi connectivity index (χ3v) is 5.46. The fourth-order valence-corrected chi connectivity index (χ4v) is 3.03. The summed E-state index contributed by atoms with van der Waals surface area (Å²) in [6.07, 6.45) is 0. The lowest BCUT2D eigenvalue weighted by molar-refractivity contribution is 0.102. The number of halogens is 2. The van der Waals surface area contributed by atoms with Gasteiger partial charge in [-0.05, 0) is 66.2 Å². The highest BCUT2D eigenvalue weighted by molar-refractivity contribution is 9.10. The fourth-order valence-electron chi connectivity index (χ4n) is 2.78. The van der Waals surface area contributed by atoms with Gasteiger partial charge in [-0.25, -0.2) is 9.07 Å². The van der Waals surface area contributed by atoms with Crippen molar-refractivity contribution in [1.82, 2.24) is 9.78 Å². The summed E-state index contributed by atoms with van der Waals surface area (Å²) >= 11 is 3.51. The Labute approximate surface area is 176 Å². The minimum atomic E-state index is -0.468. The molecule has 3 rings (SSSR count). The van der Waals surface area contributed by atoms with Gasteiger partial charge in [-0.2, -0.15) is 5.10 Å². The van der Waals surface area contributed by atoms with Crippen LogP contribution in [0.3, 0.4) is 0 Å². The van der Waals surface area contributed by atoms with Crippen LogP contribution < -0.4 is 10.1 Å². The van der Waals surface area contributed by atoms with Crippen LogP contribution in [0.2, 0.25) is 0 Å². The van der Waals surface area contributed by atoms with Crippen LogP contribution in [0.15, 0.2) is 46.9 Å². The second-order valence-electron chi connectivity index (χ2n) is 6.38. The molecule has 1 amide bonds. The number of hydrogen-bond acceptors (Lipinski definition) is 4. The van der Waals surface area contributed by atoms with Gasteiger partial charge in [0.05, 0.1) is 33.8 Å². The number of methoxy groups -OCH3 is 1. The molecule has 0 fully saturated rings. The maximum absolute atomic E-state index is 13.7. The second-order valence-corrected chi connectivity index (χ2v) is 7.17. The van der Waals surface area contributed by atoms with Gasteiger partial charge >= 0.3 is 0 Å². The highest BCUT2D eigenvalue weighted by Gasteiger charge is 2.14. The van der Waals surface area contributed by atoms with Crippen LogP contribution in [0.4, 0.5) is 10.1 Å². The van der Waals surface area contributed by atoms with E-state index in [-0.39, 0.29) is 18.2 Å². The molecule has 0 aliphatic carbocycles. The van der Waals surface area contributed by atoms with Gasteiger partial charge in [-0.15, -0.1) is 0 Å². The van der Waals surface area contributed by atoms with Gasteiger partial charge < -0.3 is 14.8 Å². The Morgan fingerprint density at radius 2 is 1.90 bits per heavy atom. The molecular formula is C21H21BrFN3O3. The summed E-state index contributed by atoms with van der Waals surface area (Å²) in [6.45, 7) is 4.55. The zero-order valence-electron chi connectivity index (χ0n) is 16.3. The van der Waals surface area contributed by atoms with Gasteiger partial charge in [0.25, 0.3) is 5.91 Å². The zero-order valence-corrected chi connectivity index (χ0v) is 17.9. The van der Waals surface area contributed by atoms with Crippen LogP contribution in [0, 0.1) is 19.7 Å². The van der Waals surface area contributed by atoms with Crippen LogP contribution in [-0.2, 0) is 4.74 Å². The molecule has 0 spiro atoms. The van der Waals surface area contributed by atoms with E-state index in [9.17, 15) is 9.18 Å². The number of aryl methyl sites for hydroxylation is 1. The molecule has 152 valence electrons. The molecule has 1 heterocycles. The molecule has 0 unspecified atom stereocenters. The Bertz CT molecular complexity index is 1020. The van der Waals surface area contributed by atoms with E-state index in [2.05, 4.69) is 26.3 Å². The van der Waals surface area contributed by atoms with E-state index in [4.69, 9.17) is 9.47 Å². The lowest BCUT2D eigenvalue weighted by Crippen LogP contribution is -2.14. The first-order valence-corrected chi connectivity index (χ1v) is 9.75. The van der Waals surface area contributed by atoms with E-state index in [0.717, 1.165) is 21.5 Å². The first kappa shape index (κ1) is 21.0. The van der Waals surface area contributed by atoms with Crippen molar-refractivity contribution >= 4 is 27.5 Å². The smallest absolute Gasteiger partial charge is 0.255 e. The molecule has 0 aliphatic rings. The number of carbonyl (C=O) groups is 1. The largest absolute Gasteiger partial charge is 0.489 e. The van der Waals surface area contributed by atoms with Crippen LogP contribution in [0.25, 0.3) is 5.69 Å². The highest BCUT2D eigenvalue weighted by atomic mass is 79.9. The summed E-state index contributed by atoms with van der Waals surface area (Å²) in [7, 11) is 1.56. The molecule has 0 saturated carbocycles. The summed E-state index contributed by atoms with van der Waals surface area (Å²) in [5.41, 5.74) is 3.38. The summed E-state index contributed by atoms with van der Waals surface area (Å²) in [6, 6.07) is 11.0. The Morgan fingerprint density at radius 1 is 1.17 bits per heavy atom. The summed E-state index contributed by atoms with van der Waals surface area (Å²) < 4.78 is 26.9. The van der Waals surface area contributed by atoms with E-state index >= 15 is 0 Å². The van der Waals surface area contributed by atoms with E-state index < -0.39 is 5.82 Å². The van der Waals surface area contributed by atoms with Gasteiger partial charge in [-0.1, -0.05) is 0 Å². The van der Waals surface area contributed by atoms with Crippen molar-refractivity contribution in [2.24, 2.45) is 0 Å². The Morgan fingerprint density at radius 3 is 2.52 bits per heavy atom. The molecule has 0 atom stereocenters. The van der Waals surface area contributed by atoms with Gasteiger partial charge in [0.1, 0.15) is 18.2 Å². The normalized spacial score (nSPS) is 10.8. The third kappa shape index (κ3) is 4.83. The average Bonchev–Trinajstić information content (AvgIpc) is 2.97. The maximum atomic E-state index is 13.7. The fraction of sp³-hybridized carbons (Fsp3) is 0.238. The molecular weight excluding hydrogens is 441 g/mol. The van der Waals surface area contributed by atoms with Gasteiger partial charge in [0.2, 0.25) is 0 Å². The van der Waals surface area contributed by atoms with Crippen molar-refractivity contribution in [1.29, 1.82) is 0 Å². The van der Waals surface area contributed by atoms with Gasteiger partial charge in [-0.3, -0.25) is 4.79 Å². The summed E-state index contributed by atoms with van der Waals surface area (Å²) in [5, 5.41) is 7.18. The zero-order chi connectivity index (χ0) is 21.0. The van der Waals surface area contributed by atoms with Crippen molar-refractivity contribution in [3.05, 3.63) is 69.7 Å². The SMILES string of the molecule is COCCOc1ccc(F)cc1NC(=O)c1ccc(-n2nc(C)c(Br)c2C)cc1. The minimum absolute atomic E-state index is 0.262. The van der Waals surface area contributed by atoms with E-state index in [1.54, 1.807) is 23.9 Å². The molecule has 0 radical (unpaired) electrons. The molecule has 2 aromatic carbocycles. The molecule has 0 bridgehead atoms. The maximum Gasteiger partial charge on any atom is 0.255 e. The third-order valence-electron chi connectivity index (χ3n) is 4.31. The first-order chi connectivity index (χ1) is 13.9. The number of nitrogens with zero attached hydrogens (tertiary/aromatic N) is 2. The minimum Gasteiger partial charge on any atom is -0.489 e. The molecule has 1 N–H and O–H groups in total. The van der Waals surface area contributed by atoms with Crippen molar-refractivity contribution in [3.63, 3.8) is 0 Å². The van der Waals surface area contributed by atoms with Gasteiger partial charge in [0.15, 0.2) is 0 Å². The standard InChI is InChI=1S/C21H21BrFN3O3/c1-13-20(22)14(2)26(25-13)17-7-4-15(5-8-17)21(27)24-18-12-16(23)6-9-19(18)29-11-10-28-3/h4-9,12H,10-11H2,1-3H3,(H,24,27). The molecule has 0 aliphatic heterocycles. The molecule has 29 heavy (non-hydrogen) atoms. The number of amides is 1. The monoisotopic (exact) mass is 461 g/mol. The number of hydrogen-bond donors (Lipinski definition) is 1. The lowest BCUT2D eigenvalue weighted by atomic mass is 10.2. The first-order valence-electron chi connectivity index (χ1n) is 8.95. The number of rotatable bonds is 7. The van der Waals surface area contributed by atoms with E-state index in [1.165, 1.54) is 18.2 Å². The molecule has 8 heteroatoms. The van der Waals surface area contributed by atoms with E-state index in [1.807, 2.05) is 26.0 Å².